The van der Waals surface area contributed by atoms with Gasteiger partial charge in [0.1, 0.15) is 5.76 Å². The Morgan fingerprint density at radius 1 is 1.50 bits per heavy atom. The van der Waals surface area contributed by atoms with E-state index in [9.17, 15) is 4.79 Å². The highest BCUT2D eigenvalue weighted by Gasteiger charge is 2.41. The Bertz CT molecular complexity index is 467. The molecule has 3 rings (SSSR count). The normalized spacial score (nSPS) is 28.8. The van der Waals surface area contributed by atoms with Crippen LogP contribution in [0.1, 0.15) is 40.9 Å². The molecular weight excluding hydrogens is 200 g/mol. The van der Waals surface area contributed by atoms with E-state index in [0.29, 0.717) is 5.92 Å². The Morgan fingerprint density at radius 2 is 2.31 bits per heavy atom. The smallest absolute Gasteiger partial charge is 0.174 e. The van der Waals surface area contributed by atoms with Crippen LogP contribution in [0.2, 0.25) is 0 Å². The lowest BCUT2D eigenvalue weighted by atomic mass is 9.67. The number of fused-ring (bicyclic) bond motifs is 2. The summed E-state index contributed by atoms with van der Waals surface area (Å²) < 4.78 is 5.49. The lowest BCUT2D eigenvalue weighted by molar-refractivity contribution is 0.0851. The molecule has 2 heteroatoms. The fourth-order valence-electron chi connectivity index (χ4n) is 3.24. The van der Waals surface area contributed by atoms with Crippen molar-refractivity contribution in [3.8, 4) is 0 Å². The zero-order valence-electron chi connectivity index (χ0n) is 9.58. The summed E-state index contributed by atoms with van der Waals surface area (Å²) in [5.41, 5.74) is 2.95. The molecule has 84 valence electrons. The van der Waals surface area contributed by atoms with Gasteiger partial charge in [-0.1, -0.05) is 12.2 Å². The summed E-state index contributed by atoms with van der Waals surface area (Å²) in [5.74, 6) is 1.66. The summed E-state index contributed by atoms with van der Waals surface area (Å²) in [5, 5.41) is 0. The largest absolute Gasteiger partial charge is 0.468 e. The van der Waals surface area contributed by atoms with Crippen LogP contribution >= 0.6 is 0 Å². The molecule has 2 unspecified atom stereocenters. The predicted octanol–water partition coefficient (Wildman–Crippen LogP) is 3.30. The van der Waals surface area contributed by atoms with Gasteiger partial charge in [-0.15, -0.1) is 0 Å². The van der Waals surface area contributed by atoms with E-state index in [2.05, 4.69) is 6.58 Å². The molecule has 1 heterocycles. The highest BCUT2D eigenvalue weighted by atomic mass is 16.3. The van der Waals surface area contributed by atoms with Crippen molar-refractivity contribution in [2.24, 2.45) is 11.8 Å². The average Bonchev–Trinajstić information content (AvgIpc) is 2.60. The second kappa shape index (κ2) is 3.34. The Kier molecular flexibility index (Phi) is 2.06. The van der Waals surface area contributed by atoms with E-state index in [0.717, 1.165) is 41.7 Å². The van der Waals surface area contributed by atoms with Crippen LogP contribution in [0.4, 0.5) is 0 Å². The predicted molar refractivity (Wildman–Crippen MR) is 61.5 cm³/mol. The fraction of sp³-hybridized carbons (Fsp3) is 0.500. The fourth-order valence-corrected chi connectivity index (χ4v) is 3.24. The lowest BCUT2D eigenvalue weighted by Gasteiger charge is -2.35. The number of Topliss-reactive ketones (excluding diaryl/α,β-unsaturated/α-hetero) is 1. The van der Waals surface area contributed by atoms with Gasteiger partial charge >= 0.3 is 0 Å². The van der Waals surface area contributed by atoms with Crippen LogP contribution in [0, 0.1) is 18.8 Å². The first-order chi connectivity index (χ1) is 7.68. The average molecular weight is 216 g/mol. The molecule has 0 amide bonds. The molecule has 0 aromatic carbocycles. The molecule has 1 saturated carbocycles. The van der Waals surface area contributed by atoms with Gasteiger partial charge in [0.2, 0.25) is 0 Å². The van der Waals surface area contributed by atoms with Gasteiger partial charge in [-0.25, -0.2) is 0 Å². The molecule has 2 aliphatic rings. The molecule has 0 aliphatic heterocycles. The third-order valence-corrected chi connectivity index (χ3v) is 4.01. The third kappa shape index (κ3) is 1.22. The van der Waals surface area contributed by atoms with Crippen LogP contribution < -0.4 is 0 Å². The van der Waals surface area contributed by atoms with E-state index >= 15 is 0 Å². The molecule has 0 spiro atoms. The first-order valence-electron chi connectivity index (χ1n) is 5.97. The van der Waals surface area contributed by atoms with E-state index in [1.54, 1.807) is 6.26 Å². The Morgan fingerprint density at radius 3 is 3.12 bits per heavy atom. The van der Waals surface area contributed by atoms with Crippen molar-refractivity contribution >= 4 is 5.78 Å². The molecular formula is C14H16O2. The van der Waals surface area contributed by atoms with Crippen molar-refractivity contribution < 1.29 is 9.21 Å². The molecule has 0 saturated heterocycles. The number of furan rings is 1. The topological polar surface area (TPSA) is 30.2 Å². The third-order valence-electron chi connectivity index (χ3n) is 4.01. The van der Waals surface area contributed by atoms with Gasteiger partial charge < -0.3 is 4.42 Å². The molecule has 1 fully saturated rings. The molecule has 16 heavy (non-hydrogen) atoms. The van der Waals surface area contributed by atoms with Gasteiger partial charge in [-0.2, -0.15) is 0 Å². The van der Waals surface area contributed by atoms with E-state index in [-0.39, 0.29) is 11.7 Å². The quantitative estimate of drug-likeness (QED) is 0.623. The lowest BCUT2D eigenvalue weighted by Crippen LogP contribution is -2.34. The number of carbonyl (C=O) groups is 1. The second-order valence-corrected chi connectivity index (χ2v) is 5.07. The minimum atomic E-state index is 0.0672. The Labute approximate surface area is 95.3 Å². The van der Waals surface area contributed by atoms with Gasteiger partial charge in [0.15, 0.2) is 5.78 Å². The molecule has 2 atom stereocenters. The van der Waals surface area contributed by atoms with Gasteiger partial charge in [0.05, 0.1) is 11.8 Å². The van der Waals surface area contributed by atoms with E-state index < -0.39 is 0 Å². The van der Waals surface area contributed by atoms with Crippen molar-refractivity contribution in [2.75, 3.05) is 0 Å². The summed E-state index contributed by atoms with van der Waals surface area (Å²) >= 11 is 0. The number of hydrogen-bond acceptors (Lipinski definition) is 2. The minimum Gasteiger partial charge on any atom is -0.468 e. The molecule has 2 nitrogen and oxygen atoms in total. The molecule has 0 bridgehead atoms. The number of carbonyl (C=O) groups excluding carboxylic acids is 1. The minimum absolute atomic E-state index is 0.0672. The first-order valence-corrected chi connectivity index (χ1v) is 5.97. The van der Waals surface area contributed by atoms with E-state index in [1.807, 2.05) is 6.92 Å². The number of aryl methyl sites for hydroxylation is 1. The number of rotatable bonds is 0. The SMILES string of the molecule is C=C1CCCC2Cc3occ(C)c3C(=O)C12. The van der Waals surface area contributed by atoms with Crippen molar-refractivity contribution in [2.45, 2.75) is 32.6 Å². The van der Waals surface area contributed by atoms with Crippen molar-refractivity contribution in [1.29, 1.82) is 0 Å². The molecule has 0 N–H and O–H groups in total. The van der Waals surface area contributed by atoms with Gasteiger partial charge in [0.25, 0.3) is 0 Å². The summed E-state index contributed by atoms with van der Waals surface area (Å²) in [6.07, 6.45) is 5.94. The van der Waals surface area contributed by atoms with Crippen molar-refractivity contribution in [3.63, 3.8) is 0 Å². The van der Waals surface area contributed by atoms with E-state index in [4.69, 9.17) is 4.42 Å². The Hall–Kier alpha value is -1.31. The molecule has 1 aromatic heterocycles. The first kappa shape index (κ1) is 9.88. The maximum atomic E-state index is 12.4. The maximum Gasteiger partial charge on any atom is 0.174 e. The summed E-state index contributed by atoms with van der Waals surface area (Å²) in [6, 6.07) is 0. The zero-order valence-corrected chi connectivity index (χ0v) is 9.58. The summed E-state index contributed by atoms with van der Waals surface area (Å²) in [7, 11) is 0. The van der Waals surface area contributed by atoms with Crippen LogP contribution in [0.15, 0.2) is 22.8 Å². The zero-order chi connectivity index (χ0) is 11.3. The van der Waals surface area contributed by atoms with Gasteiger partial charge in [-0.3, -0.25) is 4.79 Å². The monoisotopic (exact) mass is 216 g/mol. The Balaban J connectivity index is 2.08. The van der Waals surface area contributed by atoms with E-state index in [1.165, 1.54) is 6.42 Å². The van der Waals surface area contributed by atoms with Crippen LogP contribution in [-0.4, -0.2) is 5.78 Å². The van der Waals surface area contributed by atoms with Crippen LogP contribution in [0.25, 0.3) is 0 Å². The number of ketones is 1. The number of hydrogen-bond donors (Lipinski definition) is 0. The van der Waals surface area contributed by atoms with Crippen molar-refractivity contribution in [1.82, 2.24) is 0 Å². The number of allylic oxidation sites excluding steroid dienone is 1. The van der Waals surface area contributed by atoms with Crippen LogP contribution in [0.3, 0.4) is 0 Å². The highest BCUT2D eigenvalue weighted by Crippen LogP contribution is 2.43. The molecule has 1 aromatic rings. The van der Waals surface area contributed by atoms with Crippen LogP contribution in [0.5, 0.6) is 0 Å². The second-order valence-electron chi connectivity index (χ2n) is 5.07. The maximum absolute atomic E-state index is 12.4. The standard InChI is InChI=1S/C14H16O2/c1-8-4-3-5-10-6-11-13(9(2)7-16-11)14(15)12(8)10/h7,10,12H,1,3-6H2,2H3. The summed E-state index contributed by atoms with van der Waals surface area (Å²) in [4.78, 5) is 12.4. The van der Waals surface area contributed by atoms with Crippen LogP contribution in [-0.2, 0) is 6.42 Å². The summed E-state index contributed by atoms with van der Waals surface area (Å²) in [6.45, 7) is 6.03. The molecule has 2 aliphatic carbocycles. The van der Waals surface area contributed by atoms with Crippen molar-refractivity contribution in [3.05, 3.63) is 35.3 Å². The van der Waals surface area contributed by atoms with Gasteiger partial charge in [0, 0.05) is 12.3 Å². The van der Waals surface area contributed by atoms with Gasteiger partial charge in [-0.05, 0) is 37.7 Å². The highest BCUT2D eigenvalue weighted by molar-refractivity contribution is 6.02. The molecule has 0 radical (unpaired) electrons.